The molecule has 0 fully saturated rings. The van der Waals surface area contributed by atoms with Crippen LogP contribution in [0.3, 0.4) is 0 Å². The van der Waals surface area contributed by atoms with Crippen molar-refractivity contribution in [2.45, 2.75) is 46.5 Å². The summed E-state index contributed by atoms with van der Waals surface area (Å²) in [7, 11) is 0. The molecule has 1 aliphatic heterocycles. The number of nitrogens with two attached hydrogens (primary N) is 1. The van der Waals surface area contributed by atoms with E-state index in [1.807, 2.05) is 68.1 Å². The molecule has 0 aromatic heterocycles. The summed E-state index contributed by atoms with van der Waals surface area (Å²) in [5.41, 5.74) is 10.5. The van der Waals surface area contributed by atoms with Gasteiger partial charge in [0, 0.05) is 30.0 Å². The molecule has 0 spiro atoms. The van der Waals surface area contributed by atoms with Crippen molar-refractivity contribution < 1.29 is 9.59 Å². The number of benzene rings is 2. The Morgan fingerprint density at radius 2 is 1.79 bits per heavy atom. The van der Waals surface area contributed by atoms with Crippen LogP contribution in [-0.2, 0) is 22.4 Å². The van der Waals surface area contributed by atoms with Crippen molar-refractivity contribution in [1.29, 1.82) is 0 Å². The van der Waals surface area contributed by atoms with Crippen molar-refractivity contribution in [3.8, 4) is 0 Å². The second-order valence-electron chi connectivity index (χ2n) is 8.65. The van der Waals surface area contributed by atoms with Gasteiger partial charge in [-0.2, -0.15) is 0 Å². The second-order valence-corrected chi connectivity index (χ2v) is 8.65. The summed E-state index contributed by atoms with van der Waals surface area (Å²) < 4.78 is 0. The Morgan fingerprint density at radius 3 is 2.45 bits per heavy atom. The highest BCUT2D eigenvalue weighted by Gasteiger charge is 2.23. The summed E-state index contributed by atoms with van der Waals surface area (Å²) in [4.78, 5) is 26.8. The van der Waals surface area contributed by atoms with Gasteiger partial charge in [-0.15, -0.1) is 12.4 Å². The number of carbonyl (C=O) groups excluding carboxylic acids is 2. The van der Waals surface area contributed by atoms with E-state index in [2.05, 4.69) is 5.32 Å². The van der Waals surface area contributed by atoms with Gasteiger partial charge in [0.15, 0.2) is 0 Å². The summed E-state index contributed by atoms with van der Waals surface area (Å²) in [6.45, 7) is 6.82. The van der Waals surface area contributed by atoms with Gasteiger partial charge in [-0.3, -0.25) is 9.59 Å². The number of carbonyl (C=O) groups is 2. The van der Waals surface area contributed by atoms with Crippen LogP contribution in [-0.4, -0.2) is 18.4 Å². The molecule has 0 aliphatic carbocycles. The number of hydrogen-bond donors (Lipinski definition) is 2. The highest BCUT2D eigenvalue weighted by Crippen LogP contribution is 2.31. The maximum atomic E-state index is 12.9. The van der Waals surface area contributed by atoms with Gasteiger partial charge in [0.1, 0.15) is 0 Å². The molecule has 0 unspecified atom stereocenters. The molecule has 0 saturated heterocycles. The Hall–Kier alpha value is -2.53. The lowest BCUT2D eigenvalue weighted by atomic mass is 9.92. The fourth-order valence-electron chi connectivity index (χ4n) is 3.57. The van der Waals surface area contributed by atoms with Gasteiger partial charge in [-0.25, -0.2) is 0 Å². The number of anilines is 3. The predicted molar refractivity (Wildman–Crippen MR) is 122 cm³/mol. The normalized spacial score (nSPS) is 13.3. The van der Waals surface area contributed by atoms with Crippen LogP contribution >= 0.6 is 12.4 Å². The molecule has 0 atom stereocenters. The van der Waals surface area contributed by atoms with E-state index in [1.165, 1.54) is 0 Å². The van der Waals surface area contributed by atoms with Crippen molar-refractivity contribution >= 4 is 41.3 Å². The SMILES string of the molecule is CC(C)(C)CC(=O)Nc1ccc(CC(=O)N2CCCc3c(N)cccc32)cc1.Cl. The summed E-state index contributed by atoms with van der Waals surface area (Å²) >= 11 is 0. The van der Waals surface area contributed by atoms with Crippen molar-refractivity contribution in [1.82, 2.24) is 0 Å². The number of rotatable bonds is 4. The van der Waals surface area contributed by atoms with E-state index in [0.717, 1.165) is 47.6 Å². The minimum atomic E-state index is -0.0510. The number of nitrogens with zero attached hydrogens (tertiary/aromatic N) is 1. The molecule has 0 radical (unpaired) electrons. The zero-order valence-electron chi connectivity index (χ0n) is 17.3. The molecule has 1 aliphatic rings. The molecule has 5 nitrogen and oxygen atoms in total. The average Bonchev–Trinajstić information content (AvgIpc) is 2.61. The fraction of sp³-hybridized carbons (Fsp3) is 0.391. The number of nitrogen functional groups attached to an aromatic ring is 1. The summed E-state index contributed by atoms with van der Waals surface area (Å²) in [6, 6.07) is 13.3. The van der Waals surface area contributed by atoms with Crippen molar-refractivity contribution in [2.75, 3.05) is 22.5 Å². The molecule has 2 aromatic rings. The van der Waals surface area contributed by atoms with Gasteiger partial charge < -0.3 is 16.0 Å². The Labute approximate surface area is 179 Å². The maximum absolute atomic E-state index is 12.9. The maximum Gasteiger partial charge on any atom is 0.231 e. The molecule has 156 valence electrons. The molecule has 1 heterocycles. The first-order chi connectivity index (χ1) is 13.2. The van der Waals surface area contributed by atoms with E-state index >= 15 is 0 Å². The molecular weight excluding hydrogens is 386 g/mol. The van der Waals surface area contributed by atoms with Crippen LogP contribution in [0.5, 0.6) is 0 Å². The Balaban J connectivity index is 0.00000300. The summed E-state index contributed by atoms with van der Waals surface area (Å²) in [5.74, 6) is 0.0647. The van der Waals surface area contributed by atoms with Gasteiger partial charge >= 0.3 is 0 Å². The summed E-state index contributed by atoms with van der Waals surface area (Å²) in [5, 5.41) is 2.91. The van der Waals surface area contributed by atoms with Crippen molar-refractivity contribution in [2.24, 2.45) is 5.41 Å². The molecule has 29 heavy (non-hydrogen) atoms. The third-order valence-electron chi connectivity index (χ3n) is 4.87. The van der Waals surface area contributed by atoms with Crippen LogP contribution in [0, 0.1) is 5.41 Å². The number of fused-ring (bicyclic) bond motifs is 1. The number of nitrogens with one attached hydrogen (secondary N) is 1. The van der Waals surface area contributed by atoms with E-state index < -0.39 is 0 Å². The average molecular weight is 416 g/mol. The molecule has 2 aromatic carbocycles. The van der Waals surface area contributed by atoms with Gasteiger partial charge in [-0.1, -0.05) is 39.0 Å². The standard InChI is InChI=1S/C23H29N3O2.ClH/c1-23(2,3)15-21(27)25-17-11-9-16(10-12-17)14-22(28)26-13-5-6-18-19(24)7-4-8-20(18)26;/h4,7-12H,5-6,13-15,24H2,1-3H3,(H,25,27);1H. The topological polar surface area (TPSA) is 75.4 Å². The molecule has 3 N–H and O–H groups in total. The Kier molecular flexibility index (Phi) is 7.31. The highest BCUT2D eigenvalue weighted by molar-refractivity contribution is 5.97. The van der Waals surface area contributed by atoms with E-state index in [4.69, 9.17) is 5.73 Å². The number of amides is 2. The zero-order valence-corrected chi connectivity index (χ0v) is 18.1. The second kappa shape index (κ2) is 9.31. The molecule has 3 rings (SSSR count). The van der Waals surface area contributed by atoms with Gasteiger partial charge in [-0.05, 0) is 53.6 Å². The van der Waals surface area contributed by atoms with E-state index in [9.17, 15) is 9.59 Å². The van der Waals surface area contributed by atoms with E-state index in [-0.39, 0.29) is 29.6 Å². The minimum absolute atomic E-state index is 0. The zero-order chi connectivity index (χ0) is 20.3. The van der Waals surface area contributed by atoms with Crippen LogP contribution in [0.2, 0.25) is 0 Å². The van der Waals surface area contributed by atoms with Crippen LogP contribution in [0.4, 0.5) is 17.1 Å². The molecule has 0 bridgehead atoms. The Bertz CT molecular complexity index is 873. The third kappa shape index (κ3) is 5.97. The minimum Gasteiger partial charge on any atom is -0.398 e. The first kappa shape index (κ1) is 22.8. The van der Waals surface area contributed by atoms with Crippen molar-refractivity contribution in [3.63, 3.8) is 0 Å². The van der Waals surface area contributed by atoms with Gasteiger partial charge in [0.05, 0.1) is 6.42 Å². The molecular formula is C23H30ClN3O2. The third-order valence-corrected chi connectivity index (χ3v) is 4.87. The number of halogens is 1. The predicted octanol–water partition coefficient (Wildman–Crippen LogP) is 4.59. The largest absolute Gasteiger partial charge is 0.398 e. The molecule has 0 saturated carbocycles. The lowest BCUT2D eigenvalue weighted by molar-refractivity contribution is -0.118. The smallest absolute Gasteiger partial charge is 0.231 e. The van der Waals surface area contributed by atoms with E-state index in [0.29, 0.717) is 12.8 Å². The first-order valence-corrected chi connectivity index (χ1v) is 9.79. The monoisotopic (exact) mass is 415 g/mol. The van der Waals surface area contributed by atoms with Crippen molar-refractivity contribution in [3.05, 3.63) is 53.6 Å². The lowest BCUT2D eigenvalue weighted by Gasteiger charge is -2.30. The number of hydrogen-bond acceptors (Lipinski definition) is 3. The van der Waals surface area contributed by atoms with Gasteiger partial charge in [0.2, 0.25) is 11.8 Å². The van der Waals surface area contributed by atoms with Crippen LogP contribution in [0.15, 0.2) is 42.5 Å². The first-order valence-electron chi connectivity index (χ1n) is 9.79. The van der Waals surface area contributed by atoms with Crippen LogP contribution in [0.1, 0.15) is 44.7 Å². The quantitative estimate of drug-likeness (QED) is 0.717. The molecule has 2 amide bonds. The molecule has 6 heteroatoms. The fourth-order valence-corrected chi connectivity index (χ4v) is 3.57. The lowest BCUT2D eigenvalue weighted by Crippen LogP contribution is -2.36. The van der Waals surface area contributed by atoms with Crippen LogP contribution in [0.25, 0.3) is 0 Å². The van der Waals surface area contributed by atoms with Gasteiger partial charge in [0.25, 0.3) is 0 Å². The van der Waals surface area contributed by atoms with Crippen LogP contribution < -0.4 is 16.0 Å². The summed E-state index contributed by atoms with van der Waals surface area (Å²) in [6.07, 6.45) is 2.62. The highest BCUT2D eigenvalue weighted by atomic mass is 35.5. The Morgan fingerprint density at radius 1 is 1.10 bits per heavy atom. The van der Waals surface area contributed by atoms with E-state index in [1.54, 1.807) is 0 Å².